The SMILES string of the molecule is COc1cc2ccc(C(C)C(=O)OC3OC(C(=O)O)C(=O)C(=O)C3=O)cc2cc1OC. The first kappa shape index (κ1) is 21.9. The molecule has 1 N–H and O–H groups in total. The highest BCUT2D eigenvalue weighted by Crippen LogP contribution is 2.33. The fraction of sp³-hybridized carbons (Fsp3) is 0.286. The van der Waals surface area contributed by atoms with Crippen LogP contribution in [0, 0.1) is 0 Å². The summed E-state index contributed by atoms with van der Waals surface area (Å²) < 4.78 is 20.2. The van der Waals surface area contributed by atoms with Gasteiger partial charge in [0.25, 0.3) is 17.9 Å². The average molecular weight is 430 g/mol. The molecule has 1 fully saturated rings. The van der Waals surface area contributed by atoms with Crippen LogP contribution in [0.15, 0.2) is 30.3 Å². The number of carbonyl (C=O) groups excluding carboxylic acids is 4. The predicted octanol–water partition coefficient (Wildman–Crippen LogP) is 1.02. The summed E-state index contributed by atoms with van der Waals surface area (Å²) in [6.45, 7) is 1.50. The minimum Gasteiger partial charge on any atom is -0.493 e. The number of hydrogen-bond acceptors (Lipinski definition) is 9. The quantitative estimate of drug-likeness (QED) is 0.401. The van der Waals surface area contributed by atoms with Crippen molar-refractivity contribution in [1.29, 1.82) is 0 Å². The molecule has 3 unspecified atom stereocenters. The third-order valence-electron chi connectivity index (χ3n) is 4.83. The number of ether oxygens (including phenoxy) is 4. The summed E-state index contributed by atoms with van der Waals surface area (Å²) in [6.07, 6.45) is -4.31. The first-order valence-electron chi connectivity index (χ1n) is 9.04. The lowest BCUT2D eigenvalue weighted by Gasteiger charge is -2.25. The zero-order chi connectivity index (χ0) is 22.9. The van der Waals surface area contributed by atoms with Crippen LogP contribution in [0.3, 0.4) is 0 Å². The van der Waals surface area contributed by atoms with Crippen LogP contribution >= 0.6 is 0 Å². The molecule has 0 saturated carbocycles. The van der Waals surface area contributed by atoms with Gasteiger partial charge in [-0.3, -0.25) is 19.2 Å². The van der Waals surface area contributed by atoms with E-state index in [1.54, 1.807) is 30.3 Å². The molecular formula is C21H18O10. The Labute approximate surface area is 175 Å². The molecule has 1 heterocycles. The largest absolute Gasteiger partial charge is 0.493 e. The van der Waals surface area contributed by atoms with Gasteiger partial charge in [0.1, 0.15) is 0 Å². The highest BCUT2D eigenvalue weighted by molar-refractivity contribution is 6.67. The molecule has 2 aromatic rings. The Morgan fingerprint density at radius 2 is 1.58 bits per heavy atom. The molecule has 3 atom stereocenters. The second-order valence-corrected chi connectivity index (χ2v) is 6.72. The van der Waals surface area contributed by atoms with Gasteiger partial charge < -0.3 is 24.1 Å². The summed E-state index contributed by atoms with van der Waals surface area (Å²) >= 11 is 0. The Kier molecular flexibility index (Phi) is 6.02. The van der Waals surface area contributed by atoms with Crippen molar-refractivity contribution in [2.24, 2.45) is 0 Å². The summed E-state index contributed by atoms with van der Waals surface area (Å²) in [6, 6.07) is 8.62. The number of aliphatic carboxylic acids is 1. The molecule has 0 radical (unpaired) electrons. The first-order chi connectivity index (χ1) is 14.7. The molecular weight excluding hydrogens is 412 g/mol. The number of ketones is 3. The van der Waals surface area contributed by atoms with E-state index in [2.05, 4.69) is 0 Å². The van der Waals surface area contributed by atoms with E-state index in [1.807, 2.05) is 0 Å². The third kappa shape index (κ3) is 4.10. The molecule has 0 aromatic heterocycles. The highest BCUT2D eigenvalue weighted by Gasteiger charge is 2.48. The highest BCUT2D eigenvalue weighted by atomic mass is 16.7. The van der Waals surface area contributed by atoms with E-state index in [1.165, 1.54) is 21.1 Å². The molecule has 3 rings (SSSR count). The summed E-state index contributed by atoms with van der Waals surface area (Å²) in [5, 5.41) is 10.5. The van der Waals surface area contributed by atoms with Crippen LogP contribution in [0.25, 0.3) is 10.8 Å². The first-order valence-corrected chi connectivity index (χ1v) is 9.04. The maximum atomic E-state index is 12.5. The molecule has 0 amide bonds. The summed E-state index contributed by atoms with van der Waals surface area (Å²) in [7, 11) is 3.00. The predicted molar refractivity (Wildman–Crippen MR) is 103 cm³/mol. The van der Waals surface area contributed by atoms with Gasteiger partial charge in [0.05, 0.1) is 20.1 Å². The second-order valence-electron chi connectivity index (χ2n) is 6.72. The number of esters is 1. The molecule has 1 saturated heterocycles. The van der Waals surface area contributed by atoms with Crippen LogP contribution in [0.5, 0.6) is 11.5 Å². The Morgan fingerprint density at radius 1 is 0.968 bits per heavy atom. The van der Waals surface area contributed by atoms with E-state index in [9.17, 15) is 24.0 Å². The Hall–Kier alpha value is -3.79. The van der Waals surface area contributed by atoms with E-state index in [0.29, 0.717) is 17.1 Å². The van der Waals surface area contributed by atoms with Gasteiger partial charge in [0, 0.05) is 0 Å². The molecule has 0 aliphatic carbocycles. The Balaban J connectivity index is 1.83. The van der Waals surface area contributed by atoms with Crippen molar-refractivity contribution >= 4 is 40.1 Å². The number of Topliss-reactive ketones (excluding diaryl/α,β-unsaturated/α-hetero) is 3. The van der Waals surface area contributed by atoms with Gasteiger partial charge in [-0.15, -0.1) is 0 Å². The topological polar surface area (TPSA) is 142 Å². The van der Waals surface area contributed by atoms with E-state index in [-0.39, 0.29) is 0 Å². The van der Waals surface area contributed by atoms with Gasteiger partial charge in [-0.1, -0.05) is 18.2 Å². The Morgan fingerprint density at radius 3 is 2.16 bits per heavy atom. The smallest absolute Gasteiger partial charge is 0.341 e. The van der Waals surface area contributed by atoms with Gasteiger partial charge in [0.15, 0.2) is 11.5 Å². The summed E-state index contributed by atoms with van der Waals surface area (Å²) in [5.41, 5.74) is 0.519. The lowest BCUT2D eigenvalue weighted by molar-refractivity contribution is -0.207. The van der Waals surface area contributed by atoms with Gasteiger partial charge in [-0.2, -0.15) is 0 Å². The van der Waals surface area contributed by atoms with Crippen molar-refractivity contribution in [2.45, 2.75) is 25.2 Å². The zero-order valence-corrected chi connectivity index (χ0v) is 16.7. The molecule has 2 aromatic carbocycles. The molecule has 10 nitrogen and oxygen atoms in total. The van der Waals surface area contributed by atoms with Crippen LogP contribution in [0.4, 0.5) is 0 Å². The van der Waals surface area contributed by atoms with Crippen molar-refractivity contribution in [3.63, 3.8) is 0 Å². The molecule has 1 aliphatic rings. The number of hydrogen-bond donors (Lipinski definition) is 1. The maximum absolute atomic E-state index is 12.5. The van der Waals surface area contributed by atoms with Crippen LogP contribution in [-0.2, 0) is 33.4 Å². The average Bonchev–Trinajstić information content (AvgIpc) is 2.76. The molecule has 10 heteroatoms. The maximum Gasteiger partial charge on any atom is 0.341 e. The third-order valence-corrected chi connectivity index (χ3v) is 4.83. The number of rotatable bonds is 6. The number of carbonyl (C=O) groups is 5. The van der Waals surface area contributed by atoms with Gasteiger partial charge in [-0.05, 0) is 35.4 Å². The van der Waals surface area contributed by atoms with Gasteiger partial charge >= 0.3 is 11.9 Å². The second kappa shape index (κ2) is 8.52. The van der Waals surface area contributed by atoms with Crippen LogP contribution in [-0.4, -0.2) is 61.0 Å². The molecule has 162 valence electrons. The van der Waals surface area contributed by atoms with E-state index in [0.717, 1.165) is 10.8 Å². The summed E-state index contributed by atoms with van der Waals surface area (Å²) in [5.74, 6) is -7.11. The fourth-order valence-electron chi connectivity index (χ4n) is 3.05. The van der Waals surface area contributed by atoms with E-state index >= 15 is 0 Å². The van der Waals surface area contributed by atoms with Crippen molar-refractivity contribution in [1.82, 2.24) is 0 Å². The van der Waals surface area contributed by atoms with Crippen LogP contribution < -0.4 is 9.47 Å². The molecule has 0 bridgehead atoms. The molecule has 1 aliphatic heterocycles. The monoisotopic (exact) mass is 430 g/mol. The van der Waals surface area contributed by atoms with E-state index < -0.39 is 47.6 Å². The van der Waals surface area contributed by atoms with Crippen molar-refractivity contribution in [3.8, 4) is 11.5 Å². The number of methoxy groups -OCH3 is 2. The molecule has 31 heavy (non-hydrogen) atoms. The van der Waals surface area contributed by atoms with Crippen molar-refractivity contribution < 1.29 is 48.0 Å². The van der Waals surface area contributed by atoms with Crippen LogP contribution in [0.2, 0.25) is 0 Å². The number of benzene rings is 2. The number of carboxylic acids is 1. The minimum atomic E-state index is -2.21. The van der Waals surface area contributed by atoms with Gasteiger partial charge in [-0.25, -0.2) is 4.79 Å². The van der Waals surface area contributed by atoms with Crippen molar-refractivity contribution in [3.05, 3.63) is 35.9 Å². The van der Waals surface area contributed by atoms with Crippen LogP contribution in [0.1, 0.15) is 18.4 Å². The fourth-order valence-corrected chi connectivity index (χ4v) is 3.05. The van der Waals surface area contributed by atoms with Gasteiger partial charge in [0.2, 0.25) is 11.9 Å². The normalized spacial score (nSPS) is 19.8. The van der Waals surface area contributed by atoms with E-state index in [4.69, 9.17) is 24.1 Å². The minimum absolute atomic E-state index is 0.492. The number of fused-ring (bicyclic) bond motifs is 1. The lowest BCUT2D eigenvalue weighted by atomic mass is 9.97. The standard InChI is InChI=1S/C21H18O10/c1-9(10-4-5-11-7-13(28-2)14(29-3)8-12(11)6-10)20(27)31-21-17(24)15(22)16(23)18(30-21)19(25)26/h4-9,18,21H,1-3H3,(H,25,26). The summed E-state index contributed by atoms with van der Waals surface area (Å²) in [4.78, 5) is 58.7. The number of carboxylic acid groups (broad SMARTS) is 1. The molecule has 0 spiro atoms. The van der Waals surface area contributed by atoms with Crippen molar-refractivity contribution in [2.75, 3.05) is 14.2 Å². The zero-order valence-electron chi connectivity index (χ0n) is 16.7. The Bertz CT molecular complexity index is 1100. The lowest BCUT2D eigenvalue weighted by Crippen LogP contribution is -2.54.